The van der Waals surface area contributed by atoms with Gasteiger partial charge in [-0.05, 0) is 74.0 Å². The molecule has 0 spiro atoms. The maximum absolute atomic E-state index is 14.1. The van der Waals surface area contributed by atoms with E-state index in [1.165, 1.54) is 0 Å². The minimum atomic E-state index is -1.04. The molecule has 0 radical (unpaired) electrons. The number of methoxy groups -OCH3 is 1. The minimum absolute atomic E-state index is 0.0659. The zero-order chi connectivity index (χ0) is 23.5. The molecule has 1 amide bonds. The van der Waals surface area contributed by atoms with Gasteiger partial charge in [-0.1, -0.05) is 0 Å². The molecule has 2 fully saturated rings. The molecule has 0 aliphatic heterocycles. The van der Waals surface area contributed by atoms with E-state index >= 15 is 0 Å². The average Bonchev–Trinajstić information content (AvgIpc) is 3.06. The summed E-state index contributed by atoms with van der Waals surface area (Å²) in [6, 6.07) is 1.41. The standard InChI is InChI=1S/C23H34BrFN2O5/c1-23(2,3)32-22(29)26-19-10-15(25)11-20(19)31-13-14-9-18(24)21(28)27(12-14)16-5-7-17(30-4)8-6-16/h9,12,15-17,19-20H,5-8,10-11,13H2,1-4H3,(H,26,29)/t15-,16?,17?,19-,20-/m1/s1. The Morgan fingerprint density at radius 2 is 1.94 bits per heavy atom. The number of amides is 1. The Bertz CT molecular complexity index is 848. The van der Waals surface area contributed by atoms with Gasteiger partial charge in [-0.25, -0.2) is 9.18 Å². The quantitative estimate of drug-likeness (QED) is 0.595. The van der Waals surface area contributed by atoms with Crippen molar-refractivity contribution in [3.8, 4) is 0 Å². The Balaban J connectivity index is 1.64. The number of halogens is 2. The summed E-state index contributed by atoms with van der Waals surface area (Å²) >= 11 is 3.38. The summed E-state index contributed by atoms with van der Waals surface area (Å²) in [7, 11) is 1.72. The SMILES string of the molecule is COC1CCC(n2cc(CO[C@@H]3C[C@H](F)C[C@H]3NC(=O)OC(C)(C)C)cc(Br)c2=O)CC1. The highest BCUT2D eigenvalue weighted by atomic mass is 79.9. The van der Waals surface area contributed by atoms with E-state index in [9.17, 15) is 14.0 Å². The van der Waals surface area contributed by atoms with Crippen molar-refractivity contribution in [2.24, 2.45) is 0 Å². The summed E-state index contributed by atoms with van der Waals surface area (Å²) in [5.41, 5.74) is 0.128. The monoisotopic (exact) mass is 516 g/mol. The van der Waals surface area contributed by atoms with Gasteiger partial charge in [0.25, 0.3) is 5.56 Å². The van der Waals surface area contributed by atoms with E-state index in [1.54, 1.807) is 38.5 Å². The van der Waals surface area contributed by atoms with Crippen LogP contribution in [-0.2, 0) is 20.8 Å². The molecule has 1 aromatic rings. The van der Waals surface area contributed by atoms with Crippen LogP contribution in [0.5, 0.6) is 0 Å². The molecule has 0 saturated heterocycles. The van der Waals surface area contributed by atoms with Crippen molar-refractivity contribution in [2.45, 2.75) is 102 Å². The molecular formula is C23H34BrFN2O5. The molecule has 2 aliphatic rings. The van der Waals surface area contributed by atoms with E-state index in [0.717, 1.165) is 31.2 Å². The lowest BCUT2D eigenvalue weighted by Gasteiger charge is -2.29. The number of pyridine rings is 1. The van der Waals surface area contributed by atoms with Crippen LogP contribution in [0.15, 0.2) is 21.5 Å². The van der Waals surface area contributed by atoms with E-state index in [4.69, 9.17) is 14.2 Å². The topological polar surface area (TPSA) is 78.8 Å². The molecule has 9 heteroatoms. The number of alkyl carbamates (subject to hydrolysis) is 1. The maximum atomic E-state index is 14.1. The van der Waals surface area contributed by atoms with E-state index in [1.807, 2.05) is 6.20 Å². The molecule has 1 aromatic heterocycles. The molecule has 3 atom stereocenters. The minimum Gasteiger partial charge on any atom is -0.444 e. The Kier molecular flexibility index (Phi) is 8.38. The predicted octanol–water partition coefficient (Wildman–Crippen LogP) is 4.65. The lowest BCUT2D eigenvalue weighted by molar-refractivity contribution is 0.0148. The first-order valence-corrected chi connectivity index (χ1v) is 12.0. The number of carbonyl (C=O) groups excluding carboxylic acids is 1. The number of alkyl halides is 1. The Hall–Kier alpha value is -1.45. The molecule has 2 saturated carbocycles. The number of hydrogen-bond donors (Lipinski definition) is 1. The van der Waals surface area contributed by atoms with Crippen molar-refractivity contribution in [3.63, 3.8) is 0 Å². The summed E-state index contributed by atoms with van der Waals surface area (Å²) in [5, 5.41) is 2.74. The number of nitrogens with one attached hydrogen (secondary N) is 1. The second-order valence-electron chi connectivity index (χ2n) is 9.75. The lowest BCUT2D eigenvalue weighted by Crippen LogP contribution is -2.43. The van der Waals surface area contributed by atoms with Crippen LogP contribution in [0.4, 0.5) is 9.18 Å². The van der Waals surface area contributed by atoms with Crippen LogP contribution in [-0.4, -0.2) is 47.8 Å². The van der Waals surface area contributed by atoms with Gasteiger partial charge < -0.3 is 24.1 Å². The van der Waals surface area contributed by atoms with Gasteiger partial charge in [-0.3, -0.25) is 4.79 Å². The van der Waals surface area contributed by atoms with Crippen LogP contribution in [0, 0.1) is 0 Å². The van der Waals surface area contributed by atoms with Gasteiger partial charge in [-0.2, -0.15) is 0 Å². The number of aromatic nitrogens is 1. The Morgan fingerprint density at radius 1 is 1.25 bits per heavy atom. The number of hydrogen-bond acceptors (Lipinski definition) is 5. The molecule has 180 valence electrons. The van der Waals surface area contributed by atoms with E-state index in [0.29, 0.717) is 4.47 Å². The van der Waals surface area contributed by atoms with Crippen LogP contribution in [0.25, 0.3) is 0 Å². The van der Waals surface area contributed by atoms with Crippen molar-refractivity contribution in [1.29, 1.82) is 0 Å². The zero-order valence-corrected chi connectivity index (χ0v) is 20.8. The van der Waals surface area contributed by atoms with Gasteiger partial charge in [0, 0.05) is 32.2 Å². The fourth-order valence-corrected chi connectivity index (χ4v) is 4.97. The molecule has 0 aromatic carbocycles. The number of nitrogens with zero attached hydrogens (tertiary/aromatic N) is 1. The molecule has 0 bridgehead atoms. The summed E-state index contributed by atoms with van der Waals surface area (Å²) in [6.07, 6.45) is 4.00. The fraction of sp³-hybridized carbons (Fsp3) is 0.739. The van der Waals surface area contributed by atoms with Crippen molar-refractivity contribution >= 4 is 22.0 Å². The van der Waals surface area contributed by atoms with Crippen LogP contribution in [0.3, 0.4) is 0 Å². The Labute approximate surface area is 197 Å². The molecule has 7 nitrogen and oxygen atoms in total. The van der Waals surface area contributed by atoms with E-state index in [-0.39, 0.29) is 37.2 Å². The normalized spacial score (nSPS) is 28.5. The highest BCUT2D eigenvalue weighted by molar-refractivity contribution is 9.10. The number of ether oxygens (including phenoxy) is 3. The highest BCUT2D eigenvalue weighted by Crippen LogP contribution is 2.30. The molecule has 1 heterocycles. The zero-order valence-electron chi connectivity index (χ0n) is 19.2. The molecule has 3 rings (SSSR count). The second kappa shape index (κ2) is 10.7. The first-order chi connectivity index (χ1) is 15.1. The van der Waals surface area contributed by atoms with Crippen molar-refractivity contribution in [3.05, 3.63) is 32.7 Å². The van der Waals surface area contributed by atoms with Gasteiger partial charge in [0.2, 0.25) is 0 Å². The van der Waals surface area contributed by atoms with Gasteiger partial charge >= 0.3 is 6.09 Å². The van der Waals surface area contributed by atoms with Crippen LogP contribution in [0.2, 0.25) is 0 Å². The summed E-state index contributed by atoms with van der Waals surface area (Å²) in [4.78, 5) is 24.8. The van der Waals surface area contributed by atoms with Gasteiger partial charge in [0.05, 0.1) is 29.3 Å². The first-order valence-electron chi connectivity index (χ1n) is 11.2. The van der Waals surface area contributed by atoms with Gasteiger partial charge in [0.1, 0.15) is 11.8 Å². The summed E-state index contributed by atoms with van der Waals surface area (Å²) < 4.78 is 33.1. The third kappa shape index (κ3) is 6.78. The average molecular weight is 517 g/mol. The fourth-order valence-electron chi connectivity index (χ4n) is 4.47. The Morgan fingerprint density at radius 3 is 2.56 bits per heavy atom. The van der Waals surface area contributed by atoms with Crippen LogP contribution < -0.4 is 10.9 Å². The van der Waals surface area contributed by atoms with Crippen LogP contribution >= 0.6 is 15.9 Å². The molecule has 2 aliphatic carbocycles. The number of rotatable bonds is 6. The van der Waals surface area contributed by atoms with Gasteiger partial charge in [0.15, 0.2) is 0 Å². The summed E-state index contributed by atoms with van der Waals surface area (Å²) in [5.74, 6) is 0. The van der Waals surface area contributed by atoms with Crippen molar-refractivity contribution < 1.29 is 23.4 Å². The third-order valence-corrected chi connectivity index (χ3v) is 6.61. The molecule has 1 N–H and O–H groups in total. The summed E-state index contributed by atoms with van der Waals surface area (Å²) in [6.45, 7) is 5.56. The first kappa shape index (κ1) is 25.2. The number of carbonyl (C=O) groups is 1. The molecule has 32 heavy (non-hydrogen) atoms. The van der Waals surface area contributed by atoms with Gasteiger partial charge in [-0.15, -0.1) is 0 Å². The smallest absolute Gasteiger partial charge is 0.407 e. The van der Waals surface area contributed by atoms with E-state index in [2.05, 4.69) is 21.2 Å². The molecule has 0 unspecified atom stereocenters. The molecular weight excluding hydrogens is 483 g/mol. The largest absolute Gasteiger partial charge is 0.444 e. The van der Waals surface area contributed by atoms with Crippen LogP contribution in [0.1, 0.15) is 70.9 Å². The van der Waals surface area contributed by atoms with Crippen molar-refractivity contribution in [1.82, 2.24) is 9.88 Å². The highest BCUT2D eigenvalue weighted by Gasteiger charge is 2.37. The lowest BCUT2D eigenvalue weighted by atomic mass is 9.92. The van der Waals surface area contributed by atoms with E-state index < -0.39 is 30.0 Å². The second-order valence-corrected chi connectivity index (χ2v) is 10.6. The van der Waals surface area contributed by atoms with Crippen molar-refractivity contribution in [2.75, 3.05) is 7.11 Å². The predicted molar refractivity (Wildman–Crippen MR) is 123 cm³/mol. The maximum Gasteiger partial charge on any atom is 0.407 e. The third-order valence-electron chi connectivity index (χ3n) is 6.04.